The van der Waals surface area contributed by atoms with Crippen molar-refractivity contribution in [2.24, 2.45) is 0 Å². The van der Waals surface area contributed by atoms with Gasteiger partial charge in [0.05, 0.1) is 12.1 Å². The third-order valence-electron chi connectivity index (χ3n) is 4.63. The molecule has 0 atom stereocenters. The first-order valence-electron chi connectivity index (χ1n) is 8.72. The van der Waals surface area contributed by atoms with Gasteiger partial charge >= 0.3 is 6.18 Å². The number of carbonyl (C=O) groups is 1. The monoisotopic (exact) mass is 382 g/mol. The van der Waals surface area contributed by atoms with Gasteiger partial charge in [-0.25, -0.2) is 0 Å². The summed E-state index contributed by atoms with van der Waals surface area (Å²) in [4.78, 5) is 12.8. The number of piperidine rings is 1. The Morgan fingerprint density at radius 2 is 2.00 bits per heavy atom. The van der Waals surface area contributed by atoms with E-state index in [4.69, 9.17) is 4.74 Å². The van der Waals surface area contributed by atoms with Gasteiger partial charge in [-0.1, -0.05) is 12.1 Å². The van der Waals surface area contributed by atoms with Crippen LogP contribution in [0.2, 0.25) is 0 Å². The van der Waals surface area contributed by atoms with Crippen molar-refractivity contribution >= 4 is 5.91 Å². The highest BCUT2D eigenvalue weighted by atomic mass is 19.4. The van der Waals surface area contributed by atoms with Crippen LogP contribution in [0.4, 0.5) is 13.2 Å². The molecule has 27 heavy (non-hydrogen) atoms. The number of alkyl halides is 3. The normalized spacial score (nSPS) is 16.7. The van der Waals surface area contributed by atoms with Crippen molar-refractivity contribution < 1.29 is 22.7 Å². The summed E-state index contributed by atoms with van der Waals surface area (Å²) >= 11 is 0. The van der Waals surface area contributed by atoms with Gasteiger partial charge < -0.3 is 15.4 Å². The fourth-order valence-electron chi connectivity index (χ4n) is 3.24. The van der Waals surface area contributed by atoms with Crippen molar-refractivity contribution in [3.8, 4) is 5.75 Å². The topological polar surface area (TPSA) is 68.2 Å². The molecule has 0 bridgehead atoms. The maximum Gasteiger partial charge on any atom is 0.419 e. The molecule has 0 saturated carbocycles. The minimum Gasteiger partial charge on any atom is -0.491 e. The van der Waals surface area contributed by atoms with Crippen LogP contribution in [0.15, 0.2) is 42.7 Å². The summed E-state index contributed by atoms with van der Waals surface area (Å²) in [6.07, 6.45) is 0.0465. The Bertz CT molecular complexity index is 756. The van der Waals surface area contributed by atoms with Crippen molar-refractivity contribution in [3.05, 3.63) is 48.3 Å². The molecule has 6 nitrogen and oxygen atoms in total. The largest absolute Gasteiger partial charge is 0.491 e. The number of hydrogen-bond donors (Lipinski definition) is 2. The third kappa shape index (κ3) is 4.24. The molecule has 0 unspecified atom stereocenters. The third-order valence-corrected chi connectivity index (χ3v) is 4.63. The standard InChI is InChI=1S/C18H21F3N4O2/c19-18(20,21)14-4-1-2-5-15(14)27-13-11-23-16(26)17(6-9-22-10-7-17)25-12-3-8-24-25/h1-5,8,12,22H,6-7,9-11,13H2,(H,23,26). The number of benzene rings is 1. The lowest BCUT2D eigenvalue weighted by Crippen LogP contribution is -2.55. The number of nitrogens with zero attached hydrogens (tertiary/aromatic N) is 2. The molecule has 2 N–H and O–H groups in total. The minimum absolute atomic E-state index is 0.0632. The maximum atomic E-state index is 13.0. The van der Waals surface area contributed by atoms with Gasteiger partial charge in [-0.15, -0.1) is 0 Å². The Labute approximate surface area is 154 Å². The first-order chi connectivity index (χ1) is 12.9. The van der Waals surface area contributed by atoms with Gasteiger partial charge in [-0.3, -0.25) is 9.48 Å². The lowest BCUT2D eigenvalue weighted by Gasteiger charge is -2.36. The zero-order valence-electron chi connectivity index (χ0n) is 14.6. The Morgan fingerprint density at radius 1 is 1.26 bits per heavy atom. The molecule has 2 heterocycles. The average Bonchev–Trinajstić information content (AvgIpc) is 3.20. The summed E-state index contributed by atoms with van der Waals surface area (Å²) < 4.78 is 45.8. The summed E-state index contributed by atoms with van der Waals surface area (Å²) in [6, 6.07) is 6.78. The number of amides is 1. The zero-order chi connectivity index (χ0) is 19.3. The molecule has 0 aliphatic carbocycles. The van der Waals surface area contributed by atoms with Crippen molar-refractivity contribution in [2.45, 2.75) is 24.6 Å². The number of aromatic nitrogens is 2. The number of rotatable bonds is 6. The number of para-hydroxylation sites is 1. The predicted octanol–water partition coefficient (Wildman–Crippen LogP) is 2.18. The van der Waals surface area contributed by atoms with E-state index in [1.165, 1.54) is 18.2 Å². The lowest BCUT2D eigenvalue weighted by molar-refractivity contribution is -0.139. The van der Waals surface area contributed by atoms with Gasteiger partial charge in [-0.05, 0) is 44.1 Å². The van der Waals surface area contributed by atoms with Crippen LogP contribution in [-0.2, 0) is 16.5 Å². The molecule has 9 heteroatoms. The zero-order valence-corrected chi connectivity index (χ0v) is 14.6. The van der Waals surface area contributed by atoms with Crippen LogP contribution >= 0.6 is 0 Å². The molecule has 1 fully saturated rings. The molecule has 1 aliphatic heterocycles. The molecule has 1 amide bonds. The van der Waals surface area contributed by atoms with Crippen molar-refractivity contribution in [1.29, 1.82) is 0 Å². The van der Waals surface area contributed by atoms with E-state index in [9.17, 15) is 18.0 Å². The van der Waals surface area contributed by atoms with Crippen molar-refractivity contribution in [2.75, 3.05) is 26.2 Å². The quantitative estimate of drug-likeness (QED) is 0.752. The van der Waals surface area contributed by atoms with E-state index < -0.39 is 17.3 Å². The van der Waals surface area contributed by atoms with Gasteiger partial charge in [0.1, 0.15) is 17.9 Å². The smallest absolute Gasteiger partial charge is 0.419 e. The van der Waals surface area contributed by atoms with E-state index in [1.807, 2.05) is 0 Å². The van der Waals surface area contributed by atoms with E-state index in [-0.39, 0.29) is 24.8 Å². The maximum absolute atomic E-state index is 13.0. The highest BCUT2D eigenvalue weighted by Gasteiger charge is 2.41. The fourth-order valence-corrected chi connectivity index (χ4v) is 3.24. The van der Waals surface area contributed by atoms with Crippen molar-refractivity contribution in [3.63, 3.8) is 0 Å². The molecule has 0 spiro atoms. The number of carbonyl (C=O) groups excluding carboxylic acids is 1. The molecular weight excluding hydrogens is 361 g/mol. The molecular formula is C18H21F3N4O2. The van der Waals surface area contributed by atoms with Crippen LogP contribution in [0.1, 0.15) is 18.4 Å². The molecule has 2 aromatic rings. The molecule has 146 valence electrons. The second kappa shape index (κ2) is 7.99. The van der Waals surface area contributed by atoms with Gasteiger partial charge in [0.25, 0.3) is 0 Å². The number of hydrogen-bond acceptors (Lipinski definition) is 4. The van der Waals surface area contributed by atoms with Crippen LogP contribution in [-0.4, -0.2) is 41.9 Å². The predicted molar refractivity (Wildman–Crippen MR) is 92.3 cm³/mol. The lowest BCUT2D eigenvalue weighted by atomic mass is 9.87. The first-order valence-corrected chi connectivity index (χ1v) is 8.72. The van der Waals surface area contributed by atoms with E-state index in [1.54, 1.807) is 23.1 Å². The molecule has 3 rings (SSSR count). The van der Waals surface area contributed by atoms with E-state index in [0.717, 1.165) is 6.07 Å². The summed E-state index contributed by atoms with van der Waals surface area (Å²) in [7, 11) is 0. The average molecular weight is 382 g/mol. The van der Waals surface area contributed by atoms with Crippen LogP contribution in [0.3, 0.4) is 0 Å². The molecule has 1 aliphatic rings. The molecule has 0 radical (unpaired) electrons. The second-order valence-corrected chi connectivity index (χ2v) is 6.33. The van der Waals surface area contributed by atoms with Gasteiger partial charge in [0.2, 0.25) is 5.91 Å². The van der Waals surface area contributed by atoms with Crippen LogP contribution in [0, 0.1) is 0 Å². The molecule has 1 saturated heterocycles. The van der Waals surface area contributed by atoms with Crippen LogP contribution in [0.25, 0.3) is 0 Å². The SMILES string of the molecule is O=C(NCCOc1ccccc1C(F)(F)F)C1(n2cccn2)CCNCC1. The van der Waals surface area contributed by atoms with Crippen molar-refractivity contribution in [1.82, 2.24) is 20.4 Å². The number of halogens is 3. The highest BCUT2D eigenvalue weighted by molar-refractivity contribution is 5.84. The first kappa shape index (κ1) is 19.2. The Kier molecular flexibility index (Phi) is 5.69. The number of ether oxygens (including phenoxy) is 1. The summed E-state index contributed by atoms with van der Waals surface area (Å²) in [5.74, 6) is -0.455. The Morgan fingerprint density at radius 3 is 2.67 bits per heavy atom. The van der Waals surface area contributed by atoms with Crippen LogP contribution < -0.4 is 15.4 Å². The fraction of sp³-hybridized carbons (Fsp3) is 0.444. The Balaban J connectivity index is 1.60. The number of nitrogens with one attached hydrogen (secondary N) is 2. The summed E-state index contributed by atoms with van der Waals surface area (Å²) in [6.45, 7) is 1.40. The van der Waals surface area contributed by atoms with Crippen LogP contribution in [0.5, 0.6) is 5.75 Å². The molecule has 1 aromatic heterocycles. The summed E-state index contributed by atoms with van der Waals surface area (Å²) in [5, 5.41) is 10.2. The van der Waals surface area contributed by atoms with Gasteiger partial charge in [-0.2, -0.15) is 18.3 Å². The minimum atomic E-state index is -4.49. The highest BCUT2D eigenvalue weighted by Crippen LogP contribution is 2.35. The summed E-state index contributed by atoms with van der Waals surface area (Å²) in [5.41, 5.74) is -1.62. The molecule has 1 aromatic carbocycles. The van der Waals surface area contributed by atoms with E-state index in [2.05, 4.69) is 15.7 Å². The van der Waals surface area contributed by atoms with E-state index in [0.29, 0.717) is 25.9 Å². The van der Waals surface area contributed by atoms with Gasteiger partial charge in [0.15, 0.2) is 0 Å². The Hall–Kier alpha value is -2.55. The van der Waals surface area contributed by atoms with E-state index >= 15 is 0 Å². The second-order valence-electron chi connectivity index (χ2n) is 6.33. The van der Waals surface area contributed by atoms with Gasteiger partial charge in [0, 0.05) is 12.4 Å².